The standard InChI is InChI=1S/C12H14O5/c1-2-17-10-5-3-4-8(6-11(13)14)9(10)7-12(15)16/h3-5H,2,6-7H2,1H3,(H,13,14)(H,15,16). The lowest BCUT2D eigenvalue weighted by Gasteiger charge is -2.12. The molecule has 0 heterocycles. The van der Waals surface area contributed by atoms with Crippen LogP contribution >= 0.6 is 0 Å². The van der Waals surface area contributed by atoms with Crippen LogP contribution in [0.5, 0.6) is 5.75 Å². The van der Waals surface area contributed by atoms with Gasteiger partial charge in [-0.3, -0.25) is 9.59 Å². The van der Waals surface area contributed by atoms with E-state index in [1.165, 1.54) is 0 Å². The fourth-order valence-corrected chi connectivity index (χ4v) is 1.58. The summed E-state index contributed by atoms with van der Waals surface area (Å²) in [5.41, 5.74) is 0.912. The monoisotopic (exact) mass is 238 g/mol. The second-order valence-corrected chi connectivity index (χ2v) is 3.47. The van der Waals surface area contributed by atoms with Gasteiger partial charge in [0.2, 0.25) is 0 Å². The van der Waals surface area contributed by atoms with Crippen LogP contribution in [0.3, 0.4) is 0 Å². The zero-order valence-electron chi connectivity index (χ0n) is 9.47. The van der Waals surface area contributed by atoms with E-state index in [-0.39, 0.29) is 12.8 Å². The normalized spacial score (nSPS) is 9.94. The molecule has 1 aromatic carbocycles. The molecule has 17 heavy (non-hydrogen) atoms. The lowest BCUT2D eigenvalue weighted by atomic mass is 10.0. The van der Waals surface area contributed by atoms with Gasteiger partial charge >= 0.3 is 11.9 Å². The van der Waals surface area contributed by atoms with Crippen molar-refractivity contribution in [3.63, 3.8) is 0 Å². The van der Waals surface area contributed by atoms with Crippen molar-refractivity contribution in [2.75, 3.05) is 6.61 Å². The first-order valence-electron chi connectivity index (χ1n) is 5.21. The molecule has 0 aliphatic rings. The molecule has 0 atom stereocenters. The molecule has 1 aromatic rings. The molecule has 0 fully saturated rings. The molecule has 1 rings (SSSR count). The second-order valence-electron chi connectivity index (χ2n) is 3.47. The molecule has 0 aliphatic heterocycles. The van der Waals surface area contributed by atoms with Crippen LogP contribution in [-0.4, -0.2) is 28.8 Å². The number of hydrogen-bond acceptors (Lipinski definition) is 3. The first-order chi connectivity index (χ1) is 8.04. The van der Waals surface area contributed by atoms with Crippen molar-refractivity contribution in [2.24, 2.45) is 0 Å². The highest BCUT2D eigenvalue weighted by Gasteiger charge is 2.14. The summed E-state index contributed by atoms with van der Waals surface area (Å²) < 4.78 is 5.30. The summed E-state index contributed by atoms with van der Waals surface area (Å²) in [5, 5.41) is 17.6. The van der Waals surface area contributed by atoms with Gasteiger partial charge < -0.3 is 14.9 Å². The maximum absolute atomic E-state index is 10.8. The summed E-state index contributed by atoms with van der Waals surface area (Å²) in [5.74, 6) is -1.57. The molecule has 0 radical (unpaired) electrons. The zero-order chi connectivity index (χ0) is 12.8. The van der Waals surface area contributed by atoms with Crippen LogP contribution in [0, 0.1) is 0 Å². The van der Waals surface area contributed by atoms with E-state index < -0.39 is 11.9 Å². The molecule has 92 valence electrons. The molecule has 0 aliphatic carbocycles. The number of carboxylic acids is 2. The minimum Gasteiger partial charge on any atom is -0.494 e. The molecule has 0 unspecified atom stereocenters. The Kier molecular flexibility index (Phi) is 4.51. The van der Waals surface area contributed by atoms with Crippen molar-refractivity contribution in [3.8, 4) is 5.75 Å². The number of hydrogen-bond donors (Lipinski definition) is 2. The Labute approximate surface area is 98.6 Å². The highest BCUT2D eigenvalue weighted by molar-refractivity contribution is 5.75. The van der Waals surface area contributed by atoms with E-state index in [4.69, 9.17) is 14.9 Å². The quantitative estimate of drug-likeness (QED) is 0.781. The molecule has 0 saturated carbocycles. The molecule has 0 bridgehead atoms. The minimum atomic E-state index is -1.01. The smallest absolute Gasteiger partial charge is 0.307 e. The van der Waals surface area contributed by atoms with E-state index in [1.807, 2.05) is 0 Å². The number of benzene rings is 1. The fourth-order valence-electron chi connectivity index (χ4n) is 1.58. The molecular weight excluding hydrogens is 224 g/mol. The van der Waals surface area contributed by atoms with Crippen molar-refractivity contribution >= 4 is 11.9 Å². The Morgan fingerprint density at radius 2 is 1.82 bits per heavy atom. The van der Waals surface area contributed by atoms with Gasteiger partial charge in [0.15, 0.2) is 0 Å². The molecule has 5 heteroatoms. The van der Waals surface area contributed by atoms with Gasteiger partial charge in [0.25, 0.3) is 0 Å². The number of carboxylic acid groups (broad SMARTS) is 2. The molecular formula is C12H14O5. The summed E-state index contributed by atoms with van der Waals surface area (Å²) in [6.45, 7) is 2.19. The fraction of sp³-hybridized carbons (Fsp3) is 0.333. The third-order valence-electron chi connectivity index (χ3n) is 2.20. The Balaban J connectivity index is 3.13. The average Bonchev–Trinajstić information content (AvgIpc) is 2.21. The van der Waals surface area contributed by atoms with Crippen LogP contribution in [0.2, 0.25) is 0 Å². The maximum Gasteiger partial charge on any atom is 0.307 e. The third-order valence-corrected chi connectivity index (χ3v) is 2.20. The van der Waals surface area contributed by atoms with E-state index in [0.717, 1.165) is 0 Å². The van der Waals surface area contributed by atoms with Gasteiger partial charge in [0, 0.05) is 5.56 Å². The van der Waals surface area contributed by atoms with E-state index in [0.29, 0.717) is 23.5 Å². The molecule has 0 aromatic heterocycles. The zero-order valence-corrected chi connectivity index (χ0v) is 9.47. The van der Waals surface area contributed by atoms with Crippen molar-refractivity contribution in [2.45, 2.75) is 19.8 Å². The second kappa shape index (κ2) is 5.89. The Hall–Kier alpha value is -2.04. The minimum absolute atomic E-state index is 0.205. The molecule has 0 saturated heterocycles. The van der Waals surface area contributed by atoms with Crippen LogP contribution in [-0.2, 0) is 22.4 Å². The van der Waals surface area contributed by atoms with Crippen molar-refractivity contribution in [3.05, 3.63) is 29.3 Å². The third kappa shape index (κ3) is 3.79. The molecule has 0 spiro atoms. The summed E-state index contributed by atoms with van der Waals surface area (Å²) in [4.78, 5) is 21.4. The number of aliphatic carboxylic acids is 2. The number of ether oxygens (including phenoxy) is 1. The van der Waals surface area contributed by atoms with Gasteiger partial charge in [-0.1, -0.05) is 12.1 Å². The van der Waals surface area contributed by atoms with Crippen molar-refractivity contribution < 1.29 is 24.5 Å². The van der Waals surface area contributed by atoms with Crippen LogP contribution in [0.25, 0.3) is 0 Å². The van der Waals surface area contributed by atoms with Gasteiger partial charge in [-0.05, 0) is 18.6 Å². The van der Waals surface area contributed by atoms with Crippen LogP contribution in [0.1, 0.15) is 18.1 Å². The summed E-state index contributed by atoms with van der Waals surface area (Å²) >= 11 is 0. The van der Waals surface area contributed by atoms with Gasteiger partial charge in [0.05, 0.1) is 19.4 Å². The number of carbonyl (C=O) groups is 2. The average molecular weight is 238 g/mol. The van der Waals surface area contributed by atoms with Crippen LogP contribution in [0.4, 0.5) is 0 Å². The summed E-state index contributed by atoms with van der Waals surface area (Å²) in [6, 6.07) is 4.91. The Morgan fingerprint density at radius 3 is 2.35 bits per heavy atom. The van der Waals surface area contributed by atoms with Crippen molar-refractivity contribution in [1.29, 1.82) is 0 Å². The maximum atomic E-state index is 10.8. The van der Waals surface area contributed by atoms with E-state index in [2.05, 4.69) is 0 Å². The number of rotatable bonds is 6. The van der Waals surface area contributed by atoms with Gasteiger partial charge in [-0.15, -0.1) is 0 Å². The lowest BCUT2D eigenvalue weighted by molar-refractivity contribution is -0.137. The van der Waals surface area contributed by atoms with E-state index >= 15 is 0 Å². The summed E-state index contributed by atoms with van der Waals surface area (Å²) in [6.07, 6.45) is -0.442. The molecule has 5 nitrogen and oxygen atoms in total. The van der Waals surface area contributed by atoms with E-state index in [9.17, 15) is 9.59 Å². The molecule has 0 amide bonds. The van der Waals surface area contributed by atoms with Gasteiger partial charge in [-0.2, -0.15) is 0 Å². The van der Waals surface area contributed by atoms with Crippen molar-refractivity contribution in [1.82, 2.24) is 0 Å². The highest BCUT2D eigenvalue weighted by atomic mass is 16.5. The Morgan fingerprint density at radius 1 is 1.18 bits per heavy atom. The predicted molar refractivity (Wildman–Crippen MR) is 60.3 cm³/mol. The largest absolute Gasteiger partial charge is 0.494 e. The Bertz CT molecular complexity index is 425. The van der Waals surface area contributed by atoms with Gasteiger partial charge in [0.1, 0.15) is 5.75 Å². The van der Waals surface area contributed by atoms with E-state index in [1.54, 1.807) is 25.1 Å². The van der Waals surface area contributed by atoms with Crippen LogP contribution in [0.15, 0.2) is 18.2 Å². The first kappa shape index (κ1) is 13.0. The lowest BCUT2D eigenvalue weighted by Crippen LogP contribution is -2.10. The first-order valence-corrected chi connectivity index (χ1v) is 5.21. The molecule has 2 N–H and O–H groups in total. The SMILES string of the molecule is CCOc1cccc(CC(=O)O)c1CC(=O)O. The van der Waals surface area contributed by atoms with Crippen LogP contribution < -0.4 is 4.74 Å². The van der Waals surface area contributed by atoms with Gasteiger partial charge in [-0.25, -0.2) is 0 Å². The highest BCUT2D eigenvalue weighted by Crippen LogP contribution is 2.24. The predicted octanol–water partition coefficient (Wildman–Crippen LogP) is 1.34. The topological polar surface area (TPSA) is 83.8 Å². The summed E-state index contributed by atoms with van der Waals surface area (Å²) in [7, 11) is 0.